The number of aromatic nitrogens is 2. The summed E-state index contributed by atoms with van der Waals surface area (Å²) in [6.07, 6.45) is 0.370. The maximum Gasteiger partial charge on any atom is 0.109 e. The molecule has 0 spiro atoms. The molecule has 0 amide bonds. The lowest BCUT2D eigenvalue weighted by atomic mass is 10.3. The van der Waals surface area contributed by atoms with Crippen LogP contribution in [-0.4, -0.2) is 16.6 Å². The highest BCUT2D eigenvalue weighted by Gasteiger charge is 1.99. The molecule has 3 heteroatoms. The Hall–Kier alpha value is -1.38. The average molecular weight is 164 g/mol. The van der Waals surface area contributed by atoms with Gasteiger partial charge in [0.15, 0.2) is 0 Å². The minimum Gasteiger partial charge on any atom is -0.342 e. The van der Waals surface area contributed by atoms with E-state index in [1.54, 1.807) is 0 Å². The maximum atomic E-state index is 11.9. The molecule has 0 saturated carbocycles. The molecule has 1 aromatic carbocycles. The molecule has 62 valence electrons. The maximum absolute atomic E-state index is 11.9. The molecule has 2 aromatic rings. The number of halogens is 1. The average Bonchev–Trinajstić information content (AvgIpc) is 2.47. The van der Waals surface area contributed by atoms with Gasteiger partial charge in [0.05, 0.1) is 17.7 Å². The van der Waals surface area contributed by atoms with Crippen LogP contribution in [-0.2, 0) is 6.42 Å². The number of fused-ring (bicyclic) bond motifs is 1. The predicted molar refractivity (Wildman–Crippen MR) is 45.8 cm³/mol. The molecule has 0 atom stereocenters. The number of nitrogens with one attached hydrogen (secondary N) is 1. The van der Waals surface area contributed by atoms with E-state index in [4.69, 9.17) is 0 Å². The number of para-hydroxylation sites is 2. The van der Waals surface area contributed by atoms with Crippen LogP contribution in [0.3, 0.4) is 0 Å². The van der Waals surface area contributed by atoms with Crippen LogP contribution in [0, 0.1) is 0 Å². The van der Waals surface area contributed by atoms with Crippen LogP contribution in [0.15, 0.2) is 24.3 Å². The first-order chi connectivity index (χ1) is 5.90. The van der Waals surface area contributed by atoms with E-state index in [0.29, 0.717) is 6.42 Å². The summed E-state index contributed by atoms with van der Waals surface area (Å²) in [4.78, 5) is 7.25. The Labute approximate surface area is 69.4 Å². The molecule has 1 aromatic heterocycles. The van der Waals surface area contributed by atoms with Gasteiger partial charge in [-0.15, -0.1) is 0 Å². The van der Waals surface area contributed by atoms with Crippen molar-refractivity contribution in [3.8, 4) is 0 Å². The van der Waals surface area contributed by atoms with Crippen molar-refractivity contribution in [1.29, 1.82) is 0 Å². The molecular weight excluding hydrogens is 155 g/mol. The van der Waals surface area contributed by atoms with E-state index in [0.717, 1.165) is 16.9 Å². The fourth-order valence-electron chi connectivity index (χ4n) is 1.21. The molecule has 1 N–H and O–H groups in total. The molecule has 0 aliphatic rings. The van der Waals surface area contributed by atoms with Crippen LogP contribution in [0.25, 0.3) is 11.0 Å². The van der Waals surface area contributed by atoms with Crippen molar-refractivity contribution in [3.05, 3.63) is 30.1 Å². The summed E-state index contributed by atoms with van der Waals surface area (Å²) in [6.45, 7) is -0.361. The standard InChI is InChI=1S/C9H9FN2/c10-6-5-9-11-7-3-1-2-4-8(7)12-9/h1-4H,5-6H2,(H,11,12). The summed E-state index contributed by atoms with van der Waals surface area (Å²) in [5, 5.41) is 0. The first-order valence-electron chi connectivity index (χ1n) is 3.90. The molecule has 0 aliphatic heterocycles. The third-order valence-electron chi connectivity index (χ3n) is 1.77. The van der Waals surface area contributed by atoms with Gasteiger partial charge in [0.2, 0.25) is 0 Å². The topological polar surface area (TPSA) is 28.7 Å². The van der Waals surface area contributed by atoms with E-state index >= 15 is 0 Å². The van der Waals surface area contributed by atoms with E-state index in [1.807, 2.05) is 24.3 Å². The quantitative estimate of drug-likeness (QED) is 0.723. The fraction of sp³-hybridized carbons (Fsp3) is 0.222. The number of imidazole rings is 1. The second-order valence-corrected chi connectivity index (χ2v) is 2.64. The third-order valence-corrected chi connectivity index (χ3v) is 1.77. The van der Waals surface area contributed by atoms with Gasteiger partial charge in [-0.2, -0.15) is 0 Å². The van der Waals surface area contributed by atoms with Gasteiger partial charge in [-0.1, -0.05) is 12.1 Å². The highest BCUT2D eigenvalue weighted by molar-refractivity contribution is 5.74. The number of alkyl halides is 1. The summed E-state index contributed by atoms with van der Waals surface area (Å²) in [5.41, 5.74) is 1.88. The molecule has 12 heavy (non-hydrogen) atoms. The molecule has 0 bridgehead atoms. The second-order valence-electron chi connectivity index (χ2n) is 2.64. The lowest BCUT2D eigenvalue weighted by Gasteiger charge is -1.84. The number of benzene rings is 1. The van der Waals surface area contributed by atoms with E-state index < -0.39 is 0 Å². The first-order valence-corrected chi connectivity index (χ1v) is 3.90. The monoisotopic (exact) mass is 164 g/mol. The van der Waals surface area contributed by atoms with E-state index in [-0.39, 0.29) is 6.67 Å². The van der Waals surface area contributed by atoms with Gasteiger partial charge in [0.1, 0.15) is 5.82 Å². The normalized spacial score (nSPS) is 10.8. The summed E-state index contributed by atoms with van der Waals surface area (Å²) in [7, 11) is 0. The number of aromatic amines is 1. The zero-order chi connectivity index (χ0) is 8.39. The fourth-order valence-corrected chi connectivity index (χ4v) is 1.21. The van der Waals surface area contributed by atoms with E-state index in [1.165, 1.54) is 0 Å². The van der Waals surface area contributed by atoms with Gasteiger partial charge in [-0.25, -0.2) is 4.98 Å². The summed E-state index contributed by atoms with van der Waals surface area (Å²) in [5.74, 6) is 0.721. The number of hydrogen-bond acceptors (Lipinski definition) is 1. The Bertz CT molecular complexity index is 348. The molecule has 2 nitrogen and oxygen atoms in total. The highest BCUT2D eigenvalue weighted by Crippen LogP contribution is 2.10. The van der Waals surface area contributed by atoms with Gasteiger partial charge in [-0.3, -0.25) is 4.39 Å². The van der Waals surface area contributed by atoms with Crippen molar-refractivity contribution >= 4 is 11.0 Å². The second kappa shape index (κ2) is 2.93. The molecule has 0 fully saturated rings. The van der Waals surface area contributed by atoms with Crippen LogP contribution in [0.1, 0.15) is 5.82 Å². The Morgan fingerprint density at radius 3 is 2.92 bits per heavy atom. The number of nitrogens with zero attached hydrogens (tertiary/aromatic N) is 1. The molecule has 2 rings (SSSR count). The van der Waals surface area contributed by atoms with Gasteiger partial charge in [0.25, 0.3) is 0 Å². The molecule has 1 heterocycles. The Balaban J connectivity index is 2.47. The number of rotatable bonds is 2. The summed E-state index contributed by atoms with van der Waals surface area (Å²) in [6, 6.07) is 7.69. The van der Waals surface area contributed by atoms with Gasteiger partial charge in [-0.05, 0) is 12.1 Å². The van der Waals surface area contributed by atoms with Gasteiger partial charge in [0, 0.05) is 6.42 Å². The number of aryl methyl sites for hydroxylation is 1. The summed E-state index contributed by atoms with van der Waals surface area (Å²) >= 11 is 0. The molecule has 0 aliphatic carbocycles. The minimum atomic E-state index is -0.361. The zero-order valence-corrected chi connectivity index (χ0v) is 6.55. The Kier molecular flexibility index (Phi) is 1.78. The summed E-state index contributed by atoms with van der Waals surface area (Å²) < 4.78 is 11.9. The largest absolute Gasteiger partial charge is 0.342 e. The van der Waals surface area contributed by atoms with Crippen LogP contribution >= 0.6 is 0 Å². The zero-order valence-electron chi connectivity index (χ0n) is 6.55. The number of hydrogen-bond donors (Lipinski definition) is 1. The molecule has 0 unspecified atom stereocenters. The smallest absolute Gasteiger partial charge is 0.109 e. The Morgan fingerprint density at radius 1 is 1.33 bits per heavy atom. The van der Waals surface area contributed by atoms with Gasteiger partial charge >= 0.3 is 0 Å². The first kappa shape index (κ1) is 7.28. The Morgan fingerprint density at radius 2 is 2.17 bits per heavy atom. The molecule has 0 saturated heterocycles. The van der Waals surface area contributed by atoms with Crippen LogP contribution < -0.4 is 0 Å². The van der Waals surface area contributed by atoms with Crippen molar-refractivity contribution in [2.75, 3.05) is 6.67 Å². The van der Waals surface area contributed by atoms with E-state index in [2.05, 4.69) is 9.97 Å². The van der Waals surface area contributed by atoms with Crippen molar-refractivity contribution in [2.24, 2.45) is 0 Å². The van der Waals surface area contributed by atoms with Crippen molar-refractivity contribution in [1.82, 2.24) is 9.97 Å². The van der Waals surface area contributed by atoms with Crippen LogP contribution in [0.2, 0.25) is 0 Å². The van der Waals surface area contributed by atoms with Crippen LogP contribution in [0.4, 0.5) is 4.39 Å². The predicted octanol–water partition coefficient (Wildman–Crippen LogP) is 2.07. The number of H-pyrrole nitrogens is 1. The SMILES string of the molecule is FCCc1nc2ccccc2[nH]1. The third kappa shape index (κ3) is 1.18. The van der Waals surface area contributed by atoms with E-state index in [9.17, 15) is 4.39 Å². The minimum absolute atomic E-state index is 0.361. The van der Waals surface area contributed by atoms with Crippen LogP contribution in [0.5, 0.6) is 0 Å². The van der Waals surface area contributed by atoms with Crippen molar-refractivity contribution < 1.29 is 4.39 Å². The van der Waals surface area contributed by atoms with Crippen molar-refractivity contribution in [2.45, 2.75) is 6.42 Å². The highest BCUT2D eigenvalue weighted by atomic mass is 19.1. The molecule has 0 radical (unpaired) electrons. The lowest BCUT2D eigenvalue weighted by molar-refractivity contribution is 0.489. The molecular formula is C9H9FN2. The van der Waals surface area contributed by atoms with Gasteiger partial charge < -0.3 is 4.98 Å². The lowest BCUT2D eigenvalue weighted by Crippen LogP contribution is -1.87. The van der Waals surface area contributed by atoms with Crippen molar-refractivity contribution in [3.63, 3.8) is 0 Å².